The maximum Gasteiger partial charge on any atom is 0.0548 e. The van der Waals surface area contributed by atoms with Gasteiger partial charge in [-0.2, -0.15) is 0 Å². The van der Waals surface area contributed by atoms with Crippen LogP contribution in [0.5, 0.6) is 0 Å². The van der Waals surface area contributed by atoms with E-state index >= 15 is 0 Å². The maximum atomic E-state index is 5.88. The number of hydrogen-bond donors (Lipinski definition) is 1. The Morgan fingerprint density at radius 3 is 2.75 bits per heavy atom. The van der Waals surface area contributed by atoms with Crippen molar-refractivity contribution in [1.82, 2.24) is 5.32 Å². The second-order valence-corrected chi connectivity index (χ2v) is 4.23. The molecule has 1 atom stereocenters. The lowest BCUT2D eigenvalue weighted by Crippen LogP contribution is -2.34. The topological polar surface area (TPSA) is 12.0 Å². The fourth-order valence-electron chi connectivity index (χ4n) is 1.30. The van der Waals surface area contributed by atoms with Crippen LogP contribution < -0.4 is 5.32 Å². The van der Waals surface area contributed by atoms with Crippen LogP contribution in [-0.4, -0.2) is 6.54 Å². The highest BCUT2D eigenvalue weighted by Crippen LogP contribution is 2.29. The van der Waals surface area contributed by atoms with Gasteiger partial charge in [-0.3, -0.25) is 0 Å². The first kappa shape index (κ1) is 8.54. The molecule has 64 valence electrons. The first-order chi connectivity index (χ1) is 5.77. The molecule has 1 heterocycles. The minimum absolute atomic E-state index is 0.540. The average Bonchev–Trinajstić information content (AvgIpc) is 1.93. The predicted molar refractivity (Wildman–Crippen MR) is 54.5 cm³/mol. The normalized spacial score (nSPS) is 22.0. The number of benzene rings is 1. The zero-order chi connectivity index (χ0) is 8.55. The van der Waals surface area contributed by atoms with Crippen LogP contribution in [0.1, 0.15) is 18.0 Å². The standard InChI is InChI=1S/C9H9BrClN/c10-7-5-6(1-2-8(7)11)9-3-4-12-9/h1-2,5,9,12H,3-4H2/t9-/m1/s1. The lowest BCUT2D eigenvalue weighted by molar-refractivity contribution is 0.383. The van der Waals surface area contributed by atoms with Crippen molar-refractivity contribution in [3.63, 3.8) is 0 Å². The zero-order valence-corrected chi connectivity index (χ0v) is 8.82. The number of hydrogen-bond acceptors (Lipinski definition) is 1. The Hall–Kier alpha value is -0.0500. The van der Waals surface area contributed by atoms with Crippen LogP contribution in [0.4, 0.5) is 0 Å². The third kappa shape index (κ3) is 1.51. The molecule has 0 radical (unpaired) electrons. The van der Waals surface area contributed by atoms with Gasteiger partial charge in [0.15, 0.2) is 0 Å². The van der Waals surface area contributed by atoms with Crippen molar-refractivity contribution in [1.29, 1.82) is 0 Å². The molecular formula is C9H9BrClN. The van der Waals surface area contributed by atoms with Crippen molar-refractivity contribution in [3.8, 4) is 0 Å². The molecule has 3 heteroatoms. The van der Waals surface area contributed by atoms with Gasteiger partial charge in [-0.15, -0.1) is 0 Å². The van der Waals surface area contributed by atoms with E-state index in [1.54, 1.807) is 0 Å². The molecule has 1 aliphatic heterocycles. The Labute approximate surface area is 85.2 Å². The lowest BCUT2D eigenvalue weighted by atomic mass is 9.98. The summed E-state index contributed by atoms with van der Waals surface area (Å²) < 4.78 is 0.982. The van der Waals surface area contributed by atoms with E-state index in [-0.39, 0.29) is 0 Å². The van der Waals surface area contributed by atoms with Gasteiger partial charge < -0.3 is 5.32 Å². The molecule has 0 aliphatic carbocycles. The summed E-state index contributed by atoms with van der Waals surface area (Å²) in [6.07, 6.45) is 1.23. The molecule has 0 amide bonds. The van der Waals surface area contributed by atoms with Gasteiger partial charge in [-0.1, -0.05) is 17.7 Å². The van der Waals surface area contributed by atoms with Crippen LogP contribution in [-0.2, 0) is 0 Å². The van der Waals surface area contributed by atoms with E-state index < -0.39 is 0 Å². The van der Waals surface area contributed by atoms with Gasteiger partial charge in [-0.05, 0) is 46.6 Å². The smallest absolute Gasteiger partial charge is 0.0548 e. The molecule has 2 rings (SSSR count). The van der Waals surface area contributed by atoms with Crippen LogP contribution in [0, 0.1) is 0 Å². The van der Waals surface area contributed by atoms with Crippen LogP contribution in [0.25, 0.3) is 0 Å². The first-order valence-corrected chi connectivity index (χ1v) is 5.13. The second-order valence-electron chi connectivity index (χ2n) is 2.97. The quantitative estimate of drug-likeness (QED) is 0.803. The van der Waals surface area contributed by atoms with Crippen LogP contribution >= 0.6 is 27.5 Å². The molecule has 0 unspecified atom stereocenters. The predicted octanol–water partition coefficient (Wildman–Crippen LogP) is 3.14. The summed E-state index contributed by atoms with van der Waals surface area (Å²) in [5, 5.41) is 4.12. The van der Waals surface area contributed by atoms with E-state index in [0.29, 0.717) is 6.04 Å². The molecule has 0 bridgehead atoms. The summed E-state index contributed by atoms with van der Waals surface area (Å²) in [5.41, 5.74) is 1.32. The Bertz CT molecular complexity index is 297. The van der Waals surface area contributed by atoms with Crippen LogP contribution in [0.3, 0.4) is 0 Å². The van der Waals surface area contributed by atoms with Gasteiger partial charge in [0.1, 0.15) is 0 Å². The Balaban J connectivity index is 2.27. The molecule has 12 heavy (non-hydrogen) atoms. The highest BCUT2D eigenvalue weighted by Gasteiger charge is 2.18. The summed E-state index contributed by atoms with van der Waals surface area (Å²) >= 11 is 9.29. The van der Waals surface area contributed by atoms with E-state index in [1.807, 2.05) is 6.07 Å². The Morgan fingerprint density at radius 1 is 1.50 bits per heavy atom. The molecule has 1 aliphatic rings. The van der Waals surface area contributed by atoms with Gasteiger partial charge >= 0.3 is 0 Å². The molecule has 0 aromatic heterocycles. The van der Waals surface area contributed by atoms with E-state index in [4.69, 9.17) is 11.6 Å². The summed E-state index contributed by atoms with van der Waals surface area (Å²) in [6.45, 7) is 1.13. The van der Waals surface area contributed by atoms with Gasteiger partial charge in [-0.25, -0.2) is 0 Å². The third-order valence-electron chi connectivity index (χ3n) is 2.17. The molecular weight excluding hydrogens is 237 g/mol. The molecule has 1 N–H and O–H groups in total. The third-order valence-corrected chi connectivity index (χ3v) is 3.38. The largest absolute Gasteiger partial charge is 0.310 e. The first-order valence-electron chi connectivity index (χ1n) is 3.96. The van der Waals surface area contributed by atoms with Crippen LogP contribution in [0.2, 0.25) is 5.02 Å². The van der Waals surface area contributed by atoms with Crippen molar-refractivity contribution >= 4 is 27.5 Å². The summed E-state index contributed by atoms with van der Waals surface area (Å²) in [5.74, 6) is 0. The van der Waals surface area contributed by atoms with E-state index in [2.05, 4.69) is 33.4 Å². The molecule has 1 fully saturated rings. The average molecular weight is 247 g/mol. The van der Waals surface area contributed by atoms with Gasteiger partial charge in [0.25, 0.3) is 0 Å². The van der Waals surface area contributed by atoms with Crippen molar-refractivity contribution in [3.05, 3.63) is 33.3 Å². The summed E-state index contributed by atoms with van der Waals surface area (Å²) in [7, 11) is 0. The van der Waals surface area contributed by atoms with E-state index in [0.717, 1.165) is 16.0 Å². The lowest BCUT2D eigenvalue weighted by Gasteiger charge is -2.28. The number of nitrogens with one attached hydrogen (secondary N) is 1. The molecule has 0 saturated carbocycles. The fraction of sp³-hybridized carbons (Fsp3) is 0.333. The maximum absolute atomic E-state index is 5.88. The van der Waals surface area contributed by atoms with Crippen molar-refractivity contribution < 1.29 is 0 Å². The minimum atomic E-state index is 0.540. The molecule has 1 saturated heterocycles. The minimum Gasteiger partial charge on any atom is -0.310 e. The monoisotopic (exact) mass is 245 g/mol. The summed E-state index contributed by atoms with van der Waals surface area (Å²) in [6, 6.07) is 6.63. The van der Waals surface area contributed by atoms with Crippen molar-refractivity contribution in [2.24, 2.45) is 0 Å². The molecule has 1 nitrogen and oxygen atoms in total. The van der Waals surface area contributed by atoms with Crippen molar-refractivity contribution in [2.45, 2.75) is 12.5 Å². The van der Waals surface area contributed by atoms with E-state index in [9.17, 15) is 0 Å². The number of rotatable bonds is 1. The Morgan fingerprint density at radius 2 is 2.25 bits per heavy atom. The van der Waals surface area contributed by atoms with Gasteiger partial charge in [0, 0.05) is 10.5 Å². The zero-order valence-electron chi connectivity index (χ0n) is 6.48. The Kier molecular flexibility index (Phi) is 2.40. The highest BCUT2D eigenvalue weighted by atomic mass is 79.9. The van der Waals surface area contributed by atoms with Crippen molar-refractivity contribution in [2.75, 3.05) is 6.54 Å². The van der Waals surface area contributed by atoms with Gasteiger partial charge in [0.05, 0.1) is 5.02 Å². The molecule has 0 spiro atoms. The van der Waals surface area contributed by atoms with Crippen LogP contribution in [0.15, 0.2) is 22.7 Å². The number of halogens is 2. The van der Waals surface area contributed by atoms with Gasteiger partial charge in [0.2, 0.25) is 0 Å². The molecule has 1 aromatic carbocycles. The van der Waals surface area contributed by atoms with E-state index in [1.165, 1.54) is 12.0 Å². The second kappa shape index (κ2) is 3.36. The highest BCUT2D eigenvalue weighted by molar-refractivity contribution is 9.10. The SMILES string of the molecule is Clc1ccc([C@H]2CCN2)cc1Br. The fourth-order valence-corrected chi connectivity index (χ4v) is 1.82. The molecule has 1 aromatic rings. The summed E-state index contributed by atoms with van der Waals surface area (Å²) in [4.78, 5) is 0.